The minimum absolute atomic E-state index is 0. The van der Waals surface area contributed by atoms with Gasteiger partial charge in [0.25, 0.3) is 0 Å². The number of carboxylic acids is 1. The van der Waals surface area contributed by atoms with Crippen LogP contribution in [0.4, 0.5) is 10.5 Å². The third kappa shape index (κ3) is 6.26. The molecule has 1 aromatic rings. The number of nitrogens with zero attached hydrogens (tertiary/aromatic N) is 3. The summed E-state index contributed by atoms with van der Waals surface area (Å²) in [4.78, 5) is 42.2. The number of amides is 3. The van der Waals surface area contributed by atoms with Crippen molar-refractivity contribution in [2.75, 3.05) is 44.6 Å². The Hall–Kier alpha value is -1.76. The normalized spacial score (nSPS) is 23.1. The van der Waals surface area contributed by atoms with E-state index < -0.39 is 12.0 Å². The zero-order chi connectivity index (χ0) is 23.6. The van der Waals surface area contributed by atoms with Gasteiger partial charge in [-0.25, -0.2) is 4.79 Å². The number of carboxylic acid groups (broad SMARTS) is 1. The van der Waals surface area contributed by atoms with Crippen LogP contribution in [0.25, 0.3) is 0 Å². The topological polar surface area (TPSA) is 116 Å². The van der Waals surface area contributed by atoms with E-state index in [9.17, 15) is 24.6 Å². The zero-order valence-corrected chi connectivity index (χ0v) is 20.3. The van der Waals surface area contributed by atoms with Crippen molar-refractivity contribution >= 4 is 35.2 Å². The maximum absolute atomic E-state index is 12.7. The summed E-state index contributed by atoms with van der Waals surface area (Å²) in [6.45, 7) is 2.35. The van der Waals surface area contributed by atoms with Gasteiger partial charge >= 0.3 is 24.9 Å². The fourth-order valence-electron chi connectivity index (χ4n) is 4.87. The molecule has 2 unspecified atom stereocenters. The Morgan fingerprint density at radius 1 is 1.21 bits per heavy atom. The van der Waals surface area contributed by atoms with Gasteiger partial charge in [-0.3, -0.25) is 4.79 Å². The SMILES string of the molecule is O=C([O-])C(CCN1CCC2(CC2)C(O)C1)N1CCN(C(=O)Nc2cccc(Cl)c2)CCC1=O.[Li+]. The summed E-state index contributed by atoms with van der Waals surface area (Å²) in [7, 11) is 0. The number of halogens is 1. The molecule has 2 aliphatic heterocycles. The number of likely N-dealkylation sites (tertiary alicyclic amines) is 1. The van der Waals surface area contributed by atoms with Gasteiger partial charge in [-0.1, -0.05) is 17.7 Å². The summed E-state index contributed by atoms with van der Waals surface area (Å²) in [5.74, 6) is -1.60. The molecule has 34 heavy (non-hydrogen) atoms. The molecule has 1 spiro atoms. The first-order chi connectivity index (χ1) is 15.8. The Morgan fingerprint density at radius 2 is 1.97 bits per heavy atom. The minimum Gasteiger partial charge on any atom is -0.548 e. The van der Waals surface area contributed by atoms with Crippen LogP contribution in [0.2, 0.25) is 5.02 Å². The number of anilines is 1. The van der Waals surface area contributed by atoms with Gasteiger partial charge in [0.05, 0.1) is 18.1 Å². The van der Waals surface area contributed by atoms with Gasteiger partial charge < -0.3 is 35.0 Å². The van der Waals surface area contributed by atoms with E-state index in [-0.39, 0.29) is 74.8 Å². The first-order valence-electron chi connectivity index (χ1n) is 11.5. The fraction of sp³-hybridized carbons (Fsp3) is 0.609. The molecule has 2 atom stereocenters. The molecular weight excluding hydrogens is 455 g/mol. The average molecular weight is 485 g/mol. The molecule has 2 saturated heterocycles. The van der Waals surface area contributed by atoms with Crippen LogP contribution in [-0.2, 0) is 9.59 Å². The number of aliphatic hydroxyl groups is 1. The number of carbonyl (C=O) groups is 3. The van der Waals surface area contributed by atoms with Crippen molar-refractivity contribution in [1.82, 2.24) is 14.7 Å². The van der Waals surface area contributed by atoms with Crippen LogP contribution in [0, 0.1) is 5.41 Å². The standard InChI is InChI=1S/C23H31ClN4O5.Li/c24-16-2-1-3-17(14-16)25-22(33)27-10-5-20(30)28(13-12-27)18(21(31)32)4-9-26-11-8-23(6-7-23)19(29)15-26;/h1-3,14,18-19,29H,4-13,15H2,(H,25,33)(H,31,32);/q;+1/p-1. The number of benzene rings is 1. The maximum Gasteiger partial charge on any atom is 1.00 e. The first kappa shape index (κ1) is 26.8. The molecule has 9 nitrogen and oxygen atoms in total. The van der Waals surface area contributed by atoms with Gasteiger partial charge in [0.15, 0.2) is 0 Å². The van der Waals surface area contributed by atoms with Crippen LogP contribution in [0.1, 0.15) is 32.1 Å². The Labute approximate surface area is 216 Å². The Balaban J connectivity index is 0.00000324. The number of β-amino-alcohol motifs (C(OH)–C–C–N with tert-alkyl or cyclic N) is 1. The fourth-order valence-corrected chi connectivity index (χ4v) is 5.06. The summed E-state index contributed by atoms with van der Waals surface area (Å²) in [6.07, 6.45) is 2.93. The molecule has 0 bridgehead atoms. The van der Waals surface area contributed by atoms with Crippen LogP contribution in [-0.4, -0.2) is 89.1 Å². The van der Waals surface area contributed by atoms with Crippen molar-refractivity contribution < 1.29 is 43.5 Å². The third-order valence-electron chi connectivity index (χ3n) is 7.21. The molecule has 4 rings (SSSR count). The van der Waals surface area contributed by atoms with Crippen molar-refractivity contribution in [3.8, 4) is 0 Å². The number of nitrogens with one attached hydrogen (secondary N) is 1. The molecular formula is C23H30ClLiN4O5. The minimum atomic E-state index is -1.29. The zero-order valence-electron chi connectivity index (χ0n) is 19.5. The van der Waals surface area contributed by atoms with Gasteiger partial charge in [-0.2, -0.15) is 0 Å². The molecule has 1 aromatic carbocycles. The predicted molar refractivity (Wildman–Crippen MR) is 121 cm³/mol. The molecule has 3 fully saturated rings. The van der Waals surface area contributed by atoms with Crippen LogP contribution in [0.15, 0.2) is 24.3 Å². The molecule has 2 heterocycles. The molecule has 3 aliphatic rings. The summed E-state index contributed by atoms with van der Waals surface area (Å²) >= 11 is 5.96. The molecule has 1 saturated carbocycles. The second-order valence-electron chi connectivity index (χ2n) is 9.32. The molecule has 0 radical (unpaired) electrons. The molecule has 0 aromatic heterocycles. The van der Waals surface area contributed by atoms with Gasteiger partial charge in [0.1, 0.15) is 0 Å². The van der Waals surface area contributed by atoms with E-state index in [1.54, 1.807) is 24.3 Å². The van der Waals surface area contributed by atoms with E-state index >= 15 is 0 Å². The number of urea groups is 1. The second kappa shape index (κ2) is 11.3. The Morgan fingerprint density at radius 3 is 2.62 bits per heavy atom. The van der Waals surface area contributed by atoms with Crippen molar-refractivity contribution in [1.29, 1.82) is 0 Å². The average Bonchev–Trinajstić information content (AvgIpc) is 3.57. The summed E-state index contributed by atoms with van der Waals surface area (Å²) in [5, 5.41) is 25.6. The van der Waals surface area contributed by atoms with Crippen molar-refractivity contribution in [2.45, 2.75) is 44.2 Å². The molecule has 1 aliphatic carbocycles. The number of aliphatic hydroxyl groups excluding tert-OH is 1. The van der Waals surface area contributed by atoms with E-state index in [0.717, 1.165) is 25.8 Å². The van der Waals surface area contributed by atoms with Crippen LogP contribution in [0.3, 0.4) is 0 Å². The van der Waals surface area contributed by atoms with Crippen LogP contribution >= 0.6 is 11.6 Å². The number of aliphatic carboxylic acids is 1. The van der Waals surface area contributed by atoms with Crippen molar-refractivity contribution in [3.05, 3.63) is 29.3 Å². The van der Waals surface area contributed by atoms with E-state index in [2.05, 4.69) is 10.2 Å². The van der Waals surface area contributed by atoms with Gasteiger partial charge in [-0.15, -0.1) is 0 Å². The third-order valence-corrected chi connectivity index (χ3v) is 7.45. The largest absolute Gasteiger partial charge is 1.00 e. The first-order valence-corrected chi connectivity index (χ1v) is 11.9. The monoisotopic (exact) mass is 484 g/mol. The van der Waals surface area contributed by atoms with E-state index in [0.29, 0.717) is 23.8 Å². The molecule has 3 amide bonds. The number of hydrogen-bond acceptors (Lipinski definition) is 6. The van der Waals surface area contributed by atoms with Crippen LogP contribution in [0.5, 0.6) is 0 Å². The van der Waals surface area contributed by atoms with Gasteiger partial charge in [0.2, 0.25) is 5.91 Å². The summed E-state index contributed by atoms with van der Waals surface area (Å²) < 4.78 is 0. The van der Waals surface area contributed by atoms with Crippen molar-refractivity contribution in [3.63, 3.8) is 0 Å². The van der Waals surface area contributed by atoms with E-state index in [1.165, 1.54) is 9.80 Å². The predicted octanol–water partition coefficient (Wildman–Crippen LogP) is -2.23. The smallest absolute Gasteiger partial charge is 0.548 e. The Bertz CT molecular complexity index is 915. The second-order valence-corrected chi connectivity index (χ2v) is 9.75. The van der Waals surface area contributed by atoms with Gasteiger partial charge in [0, 0.05) is 49.9 Å². The van der Waals surface area contributed by atoms with Crippen molar-refractivity contribution in [2.24, 2.45) is 5.41 Å². The quantitative estimate of drug-likeness (QED) is 0.441. The molecule has 2 N–H and O–H groups in total. The maximum atomic E-state index is 12.7. The molecule has 180 valence electrons. The number of hydrogen-bond donors (Lipinski definition) is 2. The van der Waals surface area contributed by atoms with E-state index in [1.807, 2.05) is 0 Å². The molecule has 11 heteroatoms. The van der Waals surface area contributed by atoms with Crippen LogP contribution < -0.4 is 29.3 Å². The van der Waals surface area contributed by atoms with E-state index in [4.69, 9.17) is 11.6 Å². The van der Waals surface area contributed by atoms with Gasteiger partial charge in [-0.05, 0) is 55.8 Å². The number of carbonyl (C=O) groups excluding carboxylic acids is 3. The Kier molecular flexibility index (Phi) is 8.93. The number of rotatable bonds is 6. The number of piperidine rings is 1. The summed E-state index contributed by atoms with van der Waals surface area (Å²) in [6, 6.07) is 5.34. The summed E-state index contributed by atoms with van der Waals surface area (Å²) in [5.41, 5.74) is 0.629.